The molecule has 1 fully saturated rings. The topological polar surface area (TPSA) is 24.1 Å². The van der Waals surface area contributed by atoms with Crippen LogP contribution >= 0.6 is 0 Å². The molecule has 0 aromatic heterocycles. The van der Waals surface area contributed by atoms with E-state index in [9.17, 15) is 0 Å². The molecule has 1 heterocycles. The molecule has 2 rings (SSSR count). The maximum Gasteiger partial charge on any atom is 0.0510 e. The minimum absolute atomic E-state index is 0.625. The molecule has 2 heteroatoms. The molecular formula is C11H16N2. The molecule has 0 radical (unpaired) electrons. The van der Waals surface area contributed by atoms with Gasteiger partial charge in [-0.3, -0.25) is 0 Å². The van der Waals surface area contributed by atoms with Crippen molar-refractivity contribution in [2.24, 2.45) is 0 Å². The first-order valence-corrected chi connectivity index (χ1v) is 4.81. The molecule has 0 saturated carbocycles. The fourth-order valence-corrected chi connectivity index (χ4v) is 1.52. The standard InChI is InChI=1S/C11H16N2/c1-8-4-3-5-11(9(8)2)13-10-6-12-7-10/h3-5,10,12-13H,6-7H2,1-2H3. The van der Waals surface area contributed by atoms with Gasteiger partial charge in [0.05, 0.1) is 6.04 Å². The Labute approximate surface area is 79.4 Å². The maximum atomic E-state index is 3.52. The van der Waals surface area contributed by atoms with Crippen molar-refractivity contribution < 1.29 is 0 Å². The highest BCUT2D eigenvalue weighted by atomic mass is 15.1. The first-order valence-electron chi connectivity index (χ1n) is 4.81. The second-order valence-corrected chi connectivity index (χ2v) is 3.75. The average molecular weight is 176 g/mol. The average Bonchev–Trinajstić information content (AvgIpc) is 2.04. The van der Waals surface area contributed by atoms with Crippen molar-refractivity contribution in [2.45, 2.75) is 19.9 Å². The van der Waals surface area contributed by atoms with Crippen LogP contribution in [0.15, 0.2) is 18.2 Å². The number of hydrogen-bond acceptors (Lipinski definition) is 2. The predicted molar refractivity (Wildman–Crippen MR) is 56.2 cm³/mol. The molecule has 0 aliphatic carbocycles. The van der Waals surface area contributed by atoms with Gasteiger partial charge in [0.2, 0.25) is 0 Å². The number of benzene rings is 1. The molecule has 2 N–H and O–H groups in total. The van der Waals surface area contributed by atoms with Crippen LogP contribution in [0.4, 0.5) is 5.69 Å². The van der Waals surface area contributed by atoms with E-state index in [1.165, 1.54) is 16.8 Å². The molecule has 0 atom stereocenters. The lowest BCUT2D eigenvalue weighted by molar-refractivity contribution is 0.472. The van der Waals surface area contributed by atoms with Crippen LogP contribution in [-0.4, -0.2) is 19.1 Å². The number of aryl methyl sites for hydroxylation is 1. The second kappa shape index (κ2) is 3.38. The molecule has 1 aromatic carbocycles. The van der Waals surface area contributed by atoms with Gasteiger partial charge in [-0.2, -0.15) is 0 Å². The van der Waals surface area contributed by atoms with Crippen LogP contribution in [-0.2, 0) is 0 Å². The third kappa shape index (κ3) is 1.68. The summed E-state index contributed by atoms with van der Waals surface area (Å²) in [4.78, 5) is 0. The minimum Gasteiger partial charge on any atom is -0.380 e. The van der Waals surface area contributed by atoms with Crippen LogP contribution in [0.2, 0.25) is 0 Å². The lowest BCUT2D eigenvalue weighted by Gasteiger charge is -2.29. The van der Waals surface area contributed by atoms with E-state index in [1.807, 2.05) is 0 Å². The van der Waals surface area contributed by atoms with Crippen molar-refractivity contribution in [1.82, 2.24) is 5.32 Å². The lowest BCUT2D eigenvalue weighted by atomic mass is 10.1. The molecule has 1 saturated heterocycles. The smallest absolute Gasteiger partial charge is 0.0510 e. The highest BCUT2D eigenvalue weighted by Crippen LogP contribution is 2.19. The van der Waals surface area contributed by atoms with Gasteiger partial charge in [-0.25, -0.2) is 0 Å². The Morgan fingerprint density at radius 1 is 1.31 bits per heavy atom. The molecule has 1 aromatic rings. The SMILES string of the molecule is Cc1cccc(NC2CNC2)c1C. The third-order valence-corrected chi connectivity index (χ3v) is 2.75. The van der Waals surface area contributed by atoms with Crippen molar-refractivity contribution in [2.75, 3.05) is 18.4 Å². The second-order valence-electron chi connectivity index (χ2n) is 3.75. The van der Waals surface area contributed by atoms with Gasteiger partial charge in [-0.05, 0) is 31.0 Å². The summed E-state index contributed by atoms with van der Waals surface area (Å²) in [6, 6.07) is 7.04. The summed E-state index contributed by atoms with van der Waals surface area (Å²) in [5, 5.41) is 6.78. The van der Waals surface area contributed by atoms with Crippen LogP contribution in [0, 0.1) is 13.8 Å². The van der Waals surface area contributed by atoms with Crippen LogP contribution < -0.4 is 10.6 Å². The van der Waals surface area contributed by atoms with E-state index in [-0.39, 0.29) is 0 Å². The van der Waals surface area contributed by atoms with Gasteiger partial charge in [0.25, 0.3) is 0 Å². The Morgan fingerprint density at radius 3 is 2.69 bits per heavy atom. The van der Waals surface area contributed by atoms with Gasteiger partial charge in [0.1, 0.15) is 0 Å². The van der Waals surface area contributed by atoms with E-state index in [1.54, 1.807) is 0 Å². The highest BCUT2D eigenvalue weighted by Gasteiger charge is 2.16. The van der Waals surface area contributed by atoms with Gasteiger partial charge in [0.15, 0.2) is 0 Å². The molecular weight excluding hydrogens is 160 g/mol. The third-order valence-electron chi connectivity index (χ3n) is 2.75. The predicted octanol–water partition coefficient (Wildman–Crippen LogP) is 1.69. The Kier molecular flexibility index (Phi) is 2.23. The summed E-state index contributed by atoms with van der Waals surface area (Å²) in [6.45, 7) is 6.50. The number of nitrogens with one attached hydrogen (secondary N) is 2. The lowest BCUT2D eigenvalue weighted by Crippen LogP contribution is -2.51. The van der Waals surface area contributed by atoms with Crippen molar-refractivity contribution in [1.29, 1.82) is 0 Å². The summed E-state index contributed by atoms with van der Waals surface area (Å²) < 4.78 is 0. The summed E-state index contributed by atoms with van der Waals surface area (Å²) in [5.74, 6) is 0. The number of rotatable bonds is 2. The van der Waals surface area contributed by atoms with Gasteiger partial charge >= 0.3 is 0 Å². The van der Waals surface area contributed by atoms with Gasteiger partial charge in [0, 0.05) is 18.8 Å². The zero-order valence-electron chi connectivity index (χ0n) is 8.22. The maximum absolute atomic E-state index is 3.52. The number of anilines is 1. The summed E-state index contributed by atoms with van der Waals surface area (Å²) in [6.07, 6.45) is 0. The Bertz CT molecular complexity index is 303. The highest BCUT2D eigenvalue weighted by molar-refractivity contribution is 5.54. The van der Waals surface area contributed by atoms with E-state index in [0.717, 1.165) is 13.1 Å². The fourth-order valence-electron chi connectivity index (χ4n) is 1.52. The first kappa shape index (κ1) is 8.57. The Morgan fingerprint density at radius 2 is 2.08 bits per heavy atom. The van der Waals surface area contributed by atoms with Crippen molar-refractivity contribution in [3.05, 3.63) is 29.3 Å². The summed E-state index contributed by atoms with van der Waals surface area (Å²) >= 11 is 0. The fraction of sp³-hybridized carbons (Fsp3) is 0.455. The van der Waals surface area contributed by atoms with Crippen molar-refractivity contribution in [3.63, 3.8) is 0 Å². The Hall–Kier alpha value is -1.02. The van der Waals surface area contributed by atoms with Crippen LogP contribution in [0.3, 0.4) is 0 Å². The molecule has 1 aliphatic rings. The molecule has 13 heavy (non-hydrogen) atoms. The quantitative estimate of drug-likeness (QED) is 0.716. The molecule has 0 spiro atoms. The first-order chi connectivity index (χ1) is 6.27. The Balaban J connectivity index is 2.14. The summed E-state index contributed by atoms with van der Waals surface area (Å²) in [5.41, 5.74) is 4.01. The molecule has 0 unspecified atom stereocenters. The van der Waals surface area contributed by atoms with Crippen LogP contribution in [0.25, 0.3) is 0 Å². The van der Waals surface area contributed by atoms with E-state index in [4.69, 9.17) is 0 Å². The molecule has 0 amide bonds. The van der Waals surface area contributed by atoms with Crippen LogP contribution in [0.1, 0.15) is 11.1 Å². The van der Waals surface area contributed by atoms with E-state index < -0.39 is 0 Å². The van der Waals surface area contributed by atoms with Gasteiger partial charge < -0.3 is 10.6 Å². The van der Waals surface area contributed by atoms with Gasteiger partial charge in [-0.1, -0.05) is 12.1 Å². The largest absolute Gasteiger partial charge is 0.380 e. The normalized spacial score (nSPS) is 16.8. The number of hydrogen-bond donors (Lipinski definition) is 2. The zero-order chi connectivity index (χ0) is 9.26. The molecule has 2 nitrogen and oxygen atoms in total. The van der Waals surface area contributed by atoms with Crippen molar-refractivity contribution in [3.8, 4) is 0 Å². The van der Waals surface area contributed by atoms with E-state index in [2.05, 4.69) is 42.7 Å². The summed E-state index contributed by atoms with van der Waals surface area (Å²) in [7, 11) is 0. The minimum atomic E-state index is 0.625. The van der Waals surface area contributed by atoms with Crippen LogP contribution in [0.5, 0.6) is 0 Å². The monoisotopic (exact) mass is 176 g/mol. The van der Waals surface area contributed by atoms with E-state index in [0.29, 0.717) is 6.04 Å². The van der Waals surface area contributed by atoms with Gasteiger partial charge in [-0.15, -0.1) is 0 Å². The zero-order valence-corrected chi connectivity index (χ0v) is 8.22. The van der Waals surface area contributed by atoms with E-state index >= 15 is 0 Å². The molecule has 1 aliphatic heterocycles. The molecule has 0 bridgehead atoms. The van der Waals surface area contributed by atoms with Crippen molar-refractivity contribution >= 4 is 5.69 Å². The molecule has 70 valence electrons.